The van der Waals surface area contributed by atoms with Gasteiger partial charge in [-0.05, 0) is 6.42 Å². The van der Waals surface area contributed by atoms with E-state index in [9.17, 15) is 18.0 Å². The second-order valence-electron chi connectivity index (χ2n) is 3.17. The number of methoxy groups -OCH3 is 2. The number of esters is 1. The first-order valence-electron chi connectivity index (χ1n) is 4.81. The van der Waals surface area contributed by atoms with Crippen LogP contribution in [0, 0.1) is 17.5 Å². The second kappa shape index (κ2) is 5.07. The maximum absolute atomic E-state index is 13.8. The van der Waals surface area contributed by atoms with Gasteiger partial charge in [-0.3, -0.25) is 0 Å². The van der Waals surface area contributed by atoms with Crippen molar-refractivity contribution >= 4 is 5.97 Å². The second-order valence-corrected chi connectivity index (χ2v) is 3.17. The molecule has 6 heteroatoms. The Bertz CT molecular complexity index is 458. The molecule has 0 fully saturated rings. The molecule has 0 aliphatic carbocycles. The van der Waals surface area contributed by atoms with Gasteiger partial charge in [0.05, 0.1) is 14.2 Å². The van der Waals surface area contributed by atoms with Gasteiger partial charge in [-0.1, -0.05) is 6.92 Å². The van der Waals surface area contributed by atoms with Crippen LogP contribution < -0.4 is 4.74 Å². The molecule has 0 bridgehead atoms. The van der Waals surface area contributed by atoms with Crippen molar-refractivity contribution in [3.05, 3.63) is 28.6 Å². The van der Waals surface area contributed by atoms with E-state index >= 15 is 0 Å². The van der Waals surface area contributed by atoms with E-state index in [0.717, 1.165) is 14.2 Å². The van der Waals surface area contributed by atoms with Gasteiger partial charge in [0.25, 0.3) is 0 Å². The van der Waals surface area contributed by atoms with Gasteiger partial charge in [-0.15, -0.1) is 0 Å². The Balaban J connectivity index is 3.67. The Morgan fingerprint density at radius 2 is 1.71 bits per heavy atom. The highest BCUT2D eigenvalue weighted by molar-refractivity contribution is 5.92. The molecule has 0 unspecified atom stereocenters. The summed E-state index contributed by atoms with van der Waals surface area (Å²) in [7, 11) is 2.00. The van der Waals surface area contributed by atoms with E-state index < -0.39 is 34.7 Å². The van der Waals surface area contributed by atoms with Crippen molar-refractivity contribution in [2.75, 3.05) is 14.2 Å². The lowest BCUT2D eigenvalue weighted by molar-refractivity contribution is 0.0592. The van der Waals surface area contributed by atoms with Gasteiger partial charge in [-0.2, -0.15) is 4.39 Å². The van der Waals surface area contributed by atoms with Crippen LogP contribution in [0.15, 0.2) is 0 Å². The van der Waals surface area contributed by atoms with Crippen LogP contribution in [0.1, 0.15) is 22.8 Å². The summed E-state index contributed by atoms with van der Waals surface area (Å²) in [6.07, 6.45) is -0.0475. The van der Waals surface area contributed by atoms with Crippen molar-refractivity contribution < 1.29 is 27.4 Å². The first-order chi connectivity index (χ1) is 7.99. The number of hydrogen-bond donors (Lipinski definition) is 0. The molecule has 0 aliphatic rings. The summed E-state index contributed by atoms with van der Waals surface area (Å²) in [5, 5.41) is 0. The Kier molecular flexibility index (Phi) is 3.98. The molecule has 0 radical (unpaired) electrons. The molecule has 1 rings (SSSR count). The summed E-state index contributed by atoms with van der Waals surface area (Å²) >= 11 is 0. The van der Waals surface area contributed by atoms with Gasteiger partial charge in [-0.25, -0.2) is 13.6 Å². The molecule has 1 aromatic rings. The fourth-order valence-corrected chi connectivity index (χ4v) is 1.51. The van der Waals surface area contributed by atoms with Crippen molar-refractivity contribution in [1.82, 2.24) is 0 Å². The molecule has 0 N–H and O–H groups in total. The summed E-state index contributed by atoms with van der Waals surface area (Å²) in [6, 6.07) is 0. The fourth-order valence-electron chi connectivity index (χ4n) is 1.51. The zero-order valence-electron chi connectivity index (χ0n) is 9.57. The standard InChI is InChI=1S/C11H11F3O3/c1-4-5-6(11(15)17-3)8(13)10(16-2)9(14)7(5)12/h4H2,1-3H3. The molecule has 0 heterocycles. The summed E-state index contributed by atoms with van der Waals surface area (Å²) in [6.45, 7) is 1.47. The van der Waals surface area contributed by atoms with E-state index in [1.807, 2.05) is 0 Å². The molecule has 1 aromatic carbocycles. The van der Waals surface area contributed by atoms with Crippen LogP contribution in [-0.2, 0) is 11.2 Å². The predicted molar refractivity (Wildman–Crippen MR) is 53.6 cm³/mol. The van der Waals surface area contributed by atoms with Crippen molar-refractivity contribution in [1.29, 1.82) is 0 Å². The molecule has 94 valence electrons. The van der Waals surface area contributed by atoms with E-state index in [-0.39, 0.29) is 12.0 Å². The van der Waals surface area contributed by atoms with Crippen LogP contribution in [-0.4, -0.2) is 20.2 Å². The maximum Gasteiger partial charge on any atom is 0.341 e. The van der Waals surface area contributed by atoms with Crippen molar-refractivity contribution in [3.8, 4) is 5.75 Å². The van der Waals surface area contributed by atoms with Gasteiger partial charge >= 0.3 is 5.97 Å². The Hall–Kier alpha value is -1.72. The van der Waals surface area contributed by atoms with Crippen molar-refractivity contribution in [2.45, 2.75) is 13.3 Å². The number of halogens is 3. The van der Waals surface area contributed by atoms with Gasteiger partial charge in [0.15, 0.2) is 17.4 Å². The minimum atomic E-state index is -1.45. The number of rotatable bonds is 3. The predicted octanol–water partition coefficient (Wildman–Crippen LogP) is 2.46. The third-order valence-corrected chi connectivity index (χ3v) is 2.32. The van der Waals surface area contributed by atoms with Crippen LogP contribution in [0.3, 0.4) is 0 Å². The summed E-state index contributed by atoms with van der Waals surface area (Å²) in [5.74, 6) is -6.01. The molecule has 17 heavy (non-hydrogen) atoms. The number of benzene rings is 1. The summed E-state index contributed by atoms with van der Waals surface area (Å²) in [5.41, 5.74) is -1.00. The number of ether oxygens (including phenoxy) is 2. The Labute approximate surface area is 96.1 Å². The van der Waals surface area contributed by atoms with Gasteiger partial charge in [0, 0.05) is 5.56 Å². The average molecular weight is 248 g/mol. The highest BCUT2D eigenvalue weighted by Crippen LogP contribution is 2.31. The van der Waals surface area contributed by atoms with E-state index in [2.05, 4.69) is 9.47 Å². The molecular weight excluding hydrogens is 237 g/mol. The van der Waals surface area contributed by atoms with Crippen LogP contribution >= 0.6 is 0 Å². The van der Waals surface area contributed by atoms with Crippen LogP contribution in [0.4, 0.5) is 13.2 Å². The lowest BCUT2D eigenvalue weighted by Gasteiger charge is -2.13. The molecule has 0 amide bonds. The first-order valence-corrected chi connectivity index (χ1v) is 4.81. The zero-order chi connectivity index (χ0) is 13.2. The van der Waals surface area contributed by atoms with Gasteiger partial charge in [0.2, 0.25) is 5.82 Å². The largest absolute Gasteiger partial charge is 0.491 e. The lowest BCUT2D eigenvalue weighted by atomic mass is 10.0. The smallest absolute Gasteiger partial charge is 0.341 e. The minimum Gasteiger partial charge on any atom is -0.491 e. The molecule has 0 spiro atoms. The van der Waals surface area contributed by atoms with E-state index in [4.69, 9.17) is 0 Å². The lowest BCUT2D eigenvalue weighted by Crippen LogP contribution is -2.13. The molecule has 0 aliphatic heterocycles. The van der Waals surface area contributed by atoms with E-state index in [1.54, 1.807) is 0 Å². The zero-order valence-corrected chi connectivity index (χ0v) is 9.57. The minimum absolute atomic E-state index is 0.0475. The van der Waals surface area contributed by atoms with E-state index in [1.165, 1.54) is 6.92 Å². The average Bonchev–Trinajstić information content (AvgIpc) is 2.33. The number of carbonyl (C=O) groups excluding carboxylic acids is 1. The third kappa shape index (κ3) is 2.07. The van der Waals surface area contributed by atoms with Crippen molar-refractivity contribution in [3.63, 3.8) is 0 Å². The van der Waals surface area contributed by atoms with Crippen LogP contribution in [0.5, 0.6) is 5.75 Å². The van der Waals surface area contributed by atoms with Crippen LogP contribution in [0.2, 0.25) is 0 Å². The third-order valence-electron chi connectivity index (χ3n) is 2.32. The molecule has 0 atom stereocenters. The molecular formula is C11H11F3O3. The normalized spacial score (nSPS) is 10.2. The maximum atomic E-state index is 13.8. The van der Waals surface area contributed by atoms with Crippen LogP contribution in [0.25, 0.3) is 0 Å². The summed E-state index contributed by atoms with van der Waals surface area (Å²) in [4.78, 5) is 11.3. The molecule has 0 saturated carbocycles. The summed E-state index contributed by atoms with van der Waals surface area (Å²) < 4.78 is 49.4. The number of carbonyl (C=O) groups is 1. The van der Waals surface area contributed by atoms with E-state index in [0.29, 0.717) is 0 Å². The molecule has 0 saturated heterocycles. The fraction of sp³-hybridized carbons (Fsp3) is 0.364. The highest BCUT2D eigenvalue weighted by atomic mass is 19.2. The Morgan fingerprint density at radius 1 is 1.12 bits per heavy atom. The number of hydrogen-bond acceptors (Lipinski definition) is 3. The quantitative estimate of drug-likeness (QED) is 0.609. The van der Waals surface area contributed by atoms with Crippen molar-refractivity contribution in [2.24, 2.45) is 0 Å². The molecule has 3 nitrogen and oxygen atoms in total. The van der Waals surface area contributed by atoms with Gasteiger partial charge < -0.3 is 9.47 Å². The van der Waals surface area contributed by atoms with Gasteiger partial charge in [0.1, 0.15) is 5.56 Å². The molecule has 0 aromatic heterocycles. The Morgan fingerprint density at radius 3 is 2.12 bits per heavy atom. The first kappa shape index (κ1) is 13.3. The highest BCUT2D eigenvalue weighted by Gasteiger charge is 2.29. The SMILES string of the molecule is CCc1c(F)c(F)c(OC)c(F)c1C(=O)OC. The monoisotopic (exact) mass is 248 g/mol. The topological polar surface area (TPSA) is 35.5 Å².